The number of ether oxygens (including phenoxy) is 1. The van der Waals surface area contributed by atoms with Gasteiger partial charge in [-0.05, 0) is 49.5 Å². The third-order valence-electron chi connectivity index (χ3n) is 5.78. The number of aromatic hydroxyl groups is 1. The first-order valence-corrected chi connectivity index (χ1v) is 12.2. The molecule has 0 aliphatic heterocycles. The lowest BCUT2D eigenvalue weighted by Crippen LogP contribution is -2.44. The fraction of sp³-hybridized carbons (Fsp3) is 0.333. The Morgan fingerprint density at radius 1 is 0.946 bits per heavy atom. The number of benzene rings is 3. The Morgan fingerprint density at radius 2 is 1.49 bits per heavy atom. The highest BCUT2D eigenvalue weighted by atomic mass is 35.5. The van der Waals surface area contributed by atoms with Crippen molar-refractivity contribution >= 4 is 30.0 Å². The number of phenolic OH excluding ortho intramolecular Hbond substituents is 1. The standard InChI is InChI=1S/C22H29NO2.C8H9NO2.ClH/c1-5-21(24)25-22(18(2)17-23(3)4,20-14-10-7-11-15-20)16-19-12-8-6-9-13-19;1-6(10)9-7-2-4-8(11)5-3-7;/h6-15,18H,5,16-17H2,1-4H3;2-5,11H,1H3,(H,9,10);1H/t18-,22-;;/m1../s1. The van der Waals surface area contributed by atoms with Crippen LogP contribution in [0.4, 0.5) is 5.69 Å². The van der Waals surface area contributed by atoms with Crippen molar-refractivity contribution in [3.05, 3.63) is 96.1 Å². The Kier molecular flexibility index (Phi) is 13.4. The monoisotopic (exact) mass is 526 g/mol. The van der Waals surface area contributed by atoms with Crippen LogP contribution in [0.25, 0.3) is 0 Å². The van der Waals surface area contributed by atoms with Gasteiger partial charge in [-0.25, -0.2) is 0 Å². The lowest BCUT2D eigenvalue weighted by molar-refractivity contribution is -0.168. The highest BCUT2D eigenvalue weighted by molar-refractivity contribution is 5.88. The molecule has 0 radical (unpaired) electrons. The zero-order valence-corrected chi connectivity index (χ0v) is 23.1. The minimum atomic E-state index is -0.681. The van der Waals surface area contributed by atoms with Gasteiger partial charge in [0.2, 0.25) is 5.91 Å². The molecule has 0 aliphatic carbocycles. The van der Waals surface area contributed by atoms with Gasteiger partial charge in [-0.2, -0.15) is 0 Å². The van der Waals surface area contributed by atoms with E-state index in [0.717, 1.165) is 12.1 Å². The van der Waals surface area contributed by atoms with Crippen molar-refractivity contribution in [1.29, 1.82) is 0 Å². The number of hydrogen-bond acceptors (Lipinski definition) is 5. The maximum atomic E-state index is 12.3. The molecule has 200 valence electrons. The molecule has 0 aromatic heterocycles. The molecule has 2 atom stereocenters. The van der Waals surface area contributed by atoms with Crippen LogP contribution in [0.1, 0.15) is 38.3 Å². The molecule has 0 unspecified atom stereocenters. The summed E-state index contributed by atoms with van der Waals surface area (Å²) < 4.78 is 6.17. The summed E-state index contributed by atoms with van der Waals surface area (Å²) in [5.41, 5.74) is 2.23. The van der Waals surface area contributed by atoms with Crippen molar-refractivity contribution in [3.63, 3.8) is 0 Å². The second-order valence-corrected chi connectivity index (χ2v) is 9.14. The van der Waals surface area contributed by atoms with E-state index in [1.54, 1.807) is 12.1 Å². The van der Waals surface area contributed by atoms with Crippen LogP contribution in [0.15, 0.2) is 84.9 Å². The molecule has 0 heterocycles. The lowest BCUT2D eigenvalue weighted by atomic mass is 9.77. The van der Waals surface area contributed by atoms with E-state index in [4.69, 9.17) is 9.84 Å². The van der Waals surface area contributed by atoms with Crippen LogP contribution < -0.4 is 5.32 Å². The summed E-state index contributed by atoms with van der Waals surface area (Å²) in [6.07, 6.45) is 1.04. The van der Waals surface area contributed by atoms with E-state index in [2.05, 4.69) is 55.5 Å². The second kappa shape index (κ2) is 15.7. The molecule has 1 amide bonds. The SMILES string of the molecule is CC(=O)Nc1ccc(O)cc1.CCC(=O)O[C@@](Cc1ccccc1)(c1ccccc1)[C@H](C)CN(C)C.Cl. The Bertz CT molecular complexity index is 1080. The fourth-order valence-corrected chi connectivity index (χ4v) is 4.09. The molecule has 37 heavy (non-hydrogen) atoms. The smallest absolute Gasteiger partial charge is 0.306 e. The summed E-state index contributed by atoms with van der Waals surface area (Å²) in [6, 6.07) is 26.7. The van der Waals surface area contributed by atoms with Crippen LogP contribution >= 0.6 is 12.4 Å². The van der Waals surface area contributed by atoms with E-state index in [-0.39, 0.29) is 36.0 Å². The zero-order valence-electron chi connectivity index (χ0n) is 22.3. The number of halogens is 1. The predicted octanol–water partition coefficient (Wildman–Crippen LogP) is 6.05. The molecule has 0 saturated carbocycles. The summed E-state index contributed by atoms with van der Waals surface area (Å²) in [5.74, 6) is 0.0563. The molecule has 7 heteroatoms. The first-order chi connectivity index (χ1) is 17.2. The summed E-state index contributed by atoms with van der Waals surface area (Å²) >= 11 is 0. The number of hydrogen-bond donors (Lipinski definition) is 2. The molecule has 0 bridgehead atoms. The van der Waals surface area contributed by atoms with E-state index in [1.165, 1.54) is 24.6 Å². The van der Waals surface area contributed by atoms with Gasteiger partial charge >= 0.3 is 5.97 Å². The summed E-state index contributed by atoms with van der Waals surface area (Å²) in [6.45, 7) is 6.28. The van der Waals surface area contributed by atoms with Gasteiger partial charge in [-0.15, -0.1) is 12.4 Å². The van der Waals surface area contributed by atoms with Crippen molar-refractivity contribution in [1.82, 2.24) is 4.90 Å². The Balaban J connectivity index is 0.000000479. The van der Waals surface area contributed by atoms with Crippen molar-refractivity contribution < 1.29 is 19.4 Å². The van der Waals surface area contributed by atoms with E-state index in [1.807, 2.05) is 43.3 Å². The number of carbonyl (C=O) groups is 2. The van der Waals surface area contributed by atoms with E-state index in [0.29, 0.717) is 18.5 Å². The minimum Gasteiger partial charge on any atom is -0.508 e. The largest absolute Gasteiger partial charge is 0.508 e. The van der Waals surface area contributed by atoms with Crippen LogP contribution in [-0.4, -0.2) is 42.5 Å². The van der Waals surface area contributed by atoms with Crippen LogP contribution in [0, 0.1) is 5.92 Å². The molecule has 3 aromatic carbocycles. The second-order valence-electron chi connectivity index (χ2n) is 9.14. The van der Waals surface area contributed by atoms with Crippen molar-refractivity contribution in [2.45, 2.75) is 39.2 Å². The molecular formula is C30H39ClN2O4. The van der Waals surface area contributed by atoms with Gasteiger partial charge in [0, 0.05) is 37.9 Å². The van der Waals surface area contributed by atoms with Crippen molar-refractivity contribution in [2.24, 2.45) is 5.92 Å². The van der Waals surface area contributed by atoms with Crippen LogP contribution in [0.2, 0.25) is 0 Å². The number of anilines is 1. The molecule has 3 aromatic rings. The summed E-state index contributed by atoms with van der Waals surface area (Å²) in [5, 5.41) is 11.5. The van der Waals surface area contributed by atoms with E-state index < -0.39 is 5.60 Å². The number of amides is 1. The van der Waals surface area contributed by atoms with Crippen LogP contribution in [0.3, 0.4) is 0 Å². The van der Waals surface area contributed by atoms with Crippen molar-refractivity contribution in [3.8, 4) is 5.75 Å². The van der Waals surface area contributed by atoms with Gasteiger partial charge < -0.3 is 20.1 Å². The van der Waals surface area contributed by atoms with Gasteiger partial charge in [-0.3, -0.25) is 9.59 Å². The first kappa shape index (κ1) is 31.7. The lowest BCUT2D eigenvalue weighted by Gasteiger charge is -2.40. The predicted molar refractivity (Wildman–Crippen MR) is 152 cm³/mol. The van der Waals surface area contributed by atoms with Gasteiger partial charge in [0.15, 0.2) is 0 Å². The molecule has 2 N–H and O–H groups in total. The average molecular weight is 527 g/mol. The van der Waals surface area contributed by atoms with Gasteiger partial charge in [0.25, 0.3) is 0 Å². The van der Waals surface area contributed by atoms with Crippen LogP contribution in [0.5, 0.6) is 5.75 Å². The highest BCUT2D eigenvalue weighted by Crippen LogP contribution is 2.38. The van der Waals surface area contributed by atoms with E-state index >= 15 is 0 Å². The Labute approximate surface area is 227 Å². The number of phenols is 1. The Hall–Kier alpha value is -3.35. The maximum absolute atomic E-state index is 12.3. The van der Waals surface area contributed by atoms with Gasteiger partial charge in [0.05, 0.1) is 0 Å². The minimum absolute atomic E-state index is 0. The third kappa shape index (κ3) is 10.3. The molecule has 0 aliphatic rings. The molecule has 0 saturated heterocycles. The quantitative estimate of drug-likeness (QED) is 0.262. The third-order valence-corrected chi connectivity index (χ3v) is 5.78. The molecular weight excluding hydrogens is 488 g/mol. The molecule has 0 spiro atoms. The van der Waals surface area contributed by atoms with Gasteiger partial charge in [-0.1, -0.05) is 74.5 Å². The maximum Gasteiger partial charge on any atom is 0.306 e. The number of rotatable bonds is 9. The number of nitrogens with zero attached hydrogens (tertiary/aromatic N) is 1. The summed E-state index contributed by atoms with van der Waals surface area (Å²) in [7, 11) is 4.10. The summed E-state index contributed by atoms with van der Waals surface area (Å²) in [4.78, 5) is 25.0. The number of esters is 1. The zero-order chi connectivity index (χ0) is 26.6. The average Bonchev–Trinajstić information content (AvgIpc) is 2.85. The molecule has 6 nitrogen and oxygen atoms in total. The fourth-order valence-electron chi connectivity index (χ4n) is 4.09. The normalized spacial score (nSPS) is 12.7. The number of carbonyl (C=O) groups excluding carboxylic acids is 2. The Morgan fingerprint density at radius 3 is 1.97 bits per heavy atom. The number of nitrogens with one attached hydrogen (secondary N) is 1. The van der Waals surface area contributed by atoms with Gasteiger partial charge in [0.1, 0.15) is 11.4 Å². The van der Waals surface area contributed by atoms with E-state index in [9.17, 15) is 9.59 Å². The highest BCUT2D eigenvalue weighted by Gasteiger charge is 2.42. The molecule has 3 rings (SSSR count). The topological polar surface area (TPSA) is 78.9 Å². The van der Waals surface area contributed by atoms with Crippen molar-refractivity contribution in [2.75, 3.05) is 26.0 Å². The molecule has 0 fully saturated rings. The van der Waals surface area contributed by atoms with Crippen LogP contribution in [-0.2, 0) is 26.3 Å². The first-order valence-electron chi connectivity index (χ1n) is 12.2.